The molecule has 0 saturated heterocycles. The average Bonchev–Trinajstić information content (AvgIpc) is 2.67. The number of carbonyl (C=O) groups excluding carboxylic acids is 1. The normalized spacial score (nSPS) is 12.4. The van der Waals surface area contributed by atoms with Gasteiger partial charge in [0.1, 0.15) is 5.75 Å². The SMILES string of the molecule is CC.COc1ccc(C(=O)CSC2=NCCc3ccccc32)cc1. The van der Waals surface area contributed by atoms with Crippen molar-refractivity contribution in [3.8, 4) is 5.75 Å². The second-order valence-electron chi connectivity index (χ2n) is 5.03. The molecule has 0 saturated carbocycles. The van der Waals surface area contributed by atoms with Gasteiger partial charge in [-0.3, -0.25) is 9.79 Å². The van der Waals surface area contributed by atoms with Gasteiger partial charge >= 0.3 is 0 Å². The maximum absolute atomic E-state index is 12.3. The van der Waals surface area contributed by atoms with Gasteiger partial charge in [0.05, 0.1) is 17.9 Å². The highest BCUT2D eigenvalue weighted by molar-refractivity contribution is 8.15. The molecule has 3 nitrogen and oxygen atoms in total. The minimum Gasteiger partial charge on any atom is -0.497 e. The van der Waals surface area contributed by atoms with E-state index in [1.807, 2.05) is 32.0 Å². The van der Waals surface area contributed by atoms with Crippen molar-refractivity contribution in [2.75, 3.05) is 19.4 Å². The second kappa shape index (κ2) is 9.28. The first-order valence-electron chi connectivity index (χ1n) is 8.20. The Kier molecular flexibility index (Phi) is 7.07. The van der Waals surface area contributed by atoms with Crippen LogP contribution in [-0.4, -0.2) is 30.2 Å². The van der Waals surface area contributed by atoms with E-state index in [9.17, 15) is 4.79 Å². The molecule has 3 rings (SSSR count). The number of hydrogen-bond acceptors (Lipinski definition) is 4. The Labute approximate surface area is 148 Å². The summed E-state index contributed by atoms with van der Waals surface area (Å²) >= 11 is 1.52. The Morgan fingerprint density at radius 1 is 1.12 bits per heavy atom. The number of carbonyl (C=O) groups is 1. The summed E-state index contributed by atoms with van der Waals surface area (Å²) in [6, 6.07) is 15.5. The molecule has 0 amide bonds. The standard InChI is InChI=1S/C18H17NO2S.C2H6/c1-21-15-8-6-14(7-9-15)17(20)12-22-18-16-5-3-2-4-13(16)10-11-19-18;1-2/h2-9H,10-12H2,1H3;1-2H3. The van der Waals surface area contributed by atoms with E-state index >= 15 is 0 Å². The van der Waals surface area contributed by atoms with Crippen molar-refractivity contribution in [3.63, 3.8) is 0 Å². The fourth-order valence-electron chi connectivity index (χ4n) is 2.43. The average molecular weight is 341 g/mol. The van der Waals surface area contributed by atoms with Crippen LogP contribution < -0.4 is 4.74 Å². The Balaban J connectivity index is 0.00000100. The zero-order valence-electron chi connectivity index (χ0n) is 14.4. The van der Waals surface area contributed by atoms with Crippen molar-refractivity contribution in [2.24, 2.45) is 4.99 Å². The highest BCUT2D eigenvalue weighted by Crippen LogP contribution is 2.23. The highest BCUT2D eigenvalue weighted by atomic mass is 32.2. The van der Waals surface area contributed by atoms with Crippen molar-refractivity contribution in [3.05, 3.63) is 65.2 Å². The summed E-state index contributed by atoms with van der Waals surface area (Å²) in [6.45, 7) is 4.80. The lowest BCUT2D eigenvalue weighted by molar-refractivity contribution is 0.102. The van der Waals surface area contributed by atoms with Crippen LogP contribution in [0.3, 0.4) is 0 Å². The Bertz CT molecular complexity index is 708. The first-order chi connectivity index (χ1) is 11.8. The van der Waals surface area contributed by atoms with Crippen molar-refractivity contribution < 1.29 is 9.53 Å². The van der Waals surface area contributed by atoms with Crippen LogP contribution in [0.4, 0.5) is 0 Å². The van der Waals surface area contributed by atoms with Crippen molar-refractivity contribution in [1.29, 1.82) is 0 Å². The molecule has 2 aromatic rings. The summed E-state index contributed by atoms with van der Waals surface area (Å²) in [5, 5.41) is 0.976. The molecule has 0 atom stereocenters. The van der Waals surface area contributed by atoms with E-state index in [-0.39, 0.29) is 5.78 Å². The molecule has 0 radical (unpaired) electrons. The maximum atomic E-state index is 12.3. The number of methoxy groups -OCH3 is 1. The summed E-state index contributed by atoms with van der Waals surface area (Å²) < 4.78 is 5.11. The molecule has 126 valence electrons. The molecular formula is C20H23NO2S. The van der Waals surface area contributed by atoms with Gasteiger partial charge in [-0.25, -0.2) is 0 Å². The molecule has 1 aliphatic heterocycles. The number of thioether (sulfide) groups is 1. The predicted molar refractivity (Wildman–Crippen MR) is 103 cm³/mol. The summed E-state index contributed by atoms with van der Waals surface area (Å²) in [7, 11) is 1.62. The van der Waals surface area contributed by atoms with Crippen LogP contribution in [0.2, 0.25) is 0 Å². The number of nitrogens with zero attached hydrogens (tertiary/aromatic N) is 1. The van der Waals surface area contributed by atoms with Gasteiger partial charge in [0.25, 0.3) is 0 Å². The van der Waals surface area contributed by atoms with Crippen molar-refractivity contribution in [2.45, 2.75) is 20.3 Å². The molecule has 0 unspecified atom stereocenters. The van der Waals surface area contributed by atoms with Crippen LogP contribution >= 0.6 is 11.8 Å². The Morgan fingerprint density at radius 3 is 2.54 bits per heavy atom. The lowest BCUT2D eigenvalue weighted by Crippen LogP contribution is -2.12. The third-order valence-electron chi connectivity index (χ3n) is 3.64. The highest BCUT2D eigenvalue weighted by Gasteiger charge is 2.15. The van der Waals surface area contributed by atoms with Crippen LogP contribution in [0.5, 0.6) is 5.75 Å². The van der Waals surface area contributed by atoms with Crippen LogP contribution in [-0.2, 0) is 6.42 Å². The van der Waals surface area contributed by atoms with Gasteiger partial charge in [-0.05, 0) is 36.2 Å². The van der Waals surface area contributed by atoms with Crippen molar-refractivity contribution in [1.82, 2.24) is 0 Å². The molecule has 0 fully saturated rings. The molecule has 0 aromatic heterocycles. The molecule has 0 aliphatic carbocycles. The minimum atomic E-state index is 0.110. The topological polar surface area (TPSA) is 38.7 Å². The number of benzene rings is 2. The van der Waals surface area contributed by atoms with Crippen LogP contribution in [0.15, 0.2) is 53.5 Å². The van der Waals surface area contributed by atoms with E-state index in [1.54, 1.807) is 19.2 Å². The van der Waals surface area contributed by atoms with Crippen molar-refractivity contribution >= 4 is 22.6 Å². The third-order valence-corrected chi connectivity index (χ3v) is 4.67. The molecule has 1 heterocycles. The Hall–Kier alpha value is -2.07. The number of ketones is 1. The lowest BCUT2D eigenvalue weighted by atomic mass is 10.0. The summed E-state index contributed by atoms with van der Waals surface area (Å²) in [5.41, 5.74) is 3.19. The van der Waals surface area contributed by atoms with Gasteiger partial charge in [0.15, 0.2) is 5.78 Å². The summed E-state index contributed by atoms with van der Waals surface area (Å²) in [5.74, 6) is 1.27. The van der Waals surface area contributed by atoms with E-state index < -0.39 is 0 Å². The number of aliphatic imine (C=N–C) groups is 1. The number of fused-ring (bicyclic) bond motifs is 1. The van der Waals surface area contributed by atoms with Gasteiger partial charge < -0.3 is 4.74 Å². The minimum absolute atomic E-state index is 0.110. The zero-order valence-corrected chi connectivity index (χ0v) is 15.2. The van der Waals surface area contributed by atoms with E-state index in [0.29, 0.717) is 11.3 Å². The summed E-state index contributed by atoms with van der Waals surface area (Å²) in [6.07, 6.45) is 0.979. The summed E-state index contributed by atoms with van der Waals surface area (Å²) in [4.78, 5) is 16.9. The number of hydrogen-bond donors (Lipinski definition) is 0. The van der Waals surface area contributed by atoms with E-state index in [2.05, 4.69) is 23.2 Å². The van der Waals surface area contributed by atoms with Crippen LogP contribution in [0.1, 0.15) is 35.3 Å². The smallest absolute Gasteiger partial charge is 0.173 e. The molecule has 0 bridgehead atoms. The van der Waals surface area contributed by atoms with Crippen LogP contribution in [0, 0.1) is 0 Å². The molecular weight excluding hydrogens is 318 g/mol. The molecule has 2 aromatic carbocycles. The molecule has 4 heteroatoms. The first-order valence-corrected chi connectivity index (χ1v) is 9.19. The quantitative estimate of drug-likeness (QED) is 0.761. The van der Waals surface area contributed by atoms with Gasteiger partial charge in [0.2, 0.25) is 0 Å². The van der Waals surface area contributed by atoms with Crippen LogP contribution in [0.25, 0.3) is 0 Å². The predicted octanol–water partition coefficient (Wildman–Crippen LogP) is 4.64. The fourth-order valence-corrected chi connectivity index (χ4v) is 3.40. The number of ether oxygens (including phenoxy) is 1. The Morgan fingerprint density at radius 2 is 1.83 bits per heavy atom. The van der Waals surface area contributed by atoms with E-state index in [4.69, 9.17) is 4.74 Å². The monoisotopic (exact) mass is 341 g/mol. The van der Waals surface area contributed by atoms with Gasteiger partial charge in [-0.2, -0.15) is 0 Å². The fraction of sp³-hybridized carbons (Fsp3) is 0.300. The second-order valence-corrected chi connectivity index (χ2v) is 6.00. The lowest BCUT2D eigenvalue weighted by Gasteiger charge is -2.15. The molecule has 24 heavy (non-hydrogen) atoms. The molecule has 0 N–H and O–H groups in total. The maximum Gasteiger partial charge on any atom is 0.173 e. The third kappa shape index (κ3) is 4.48. The molecule has 1 aliphatic rings. The largest absolute Gasteiger partial charge is 0.497 e. The zero-order chi connectivity index (χ0) is 17.4. The molecule has 0 spiro atoms. The van der Waals surface area contributed by atoms with E-state index in [0.717, 1.165) is 23.8 Å². The van der Waals surface area contributed by atoms with Gasteiger partial charge in [-0.1, -0.05) is 49.9 Å². The number of Topliss-reactive ketones (excluding diaryl/α,β-unsaturated/α-hetero) is 1. The first kappa shape index (κ1) is 18.3. The van der Waals surface area contributed by atoms with E-state index in [1.165, 1.54) is 22.9 Å². The van der Waals surface area contributed by atoms with Gasteiger partial charge in [0, 0.05) is 17.7 Å². The number of rotatable bonds is 4. The van der Waals surface area contributed by atoms with Gasteiger partial charge in [-0.15, -0.1) is 0 Å².